The van der Waals surface area contributed by atoms with Crippen LogP contribution in [0.5, 0.6) is 11.5 Å². The molecule has 1 aliphatic rings. The zero-order valence-corrected chi connectivity index (χ0v) is 28.1. The average Bonchev–Trinajstić information content (AvgIpc) is 2.85. The van der Waals surface area contributed by atoms with Crippen LogP contribution in [0.25, 0.3) is 43.6 Å². The summed E-state index contributed by atoms with van der Waals surface area (Å²) in [5, 5.41) is 7.82. The fourth-order valence-electron chi connectivity index (χ4n) is 6.67. The zero-order valence-electron chi connectivity index (χ0n) is 26.0. The van der Waals surface area contributed by atoms with Gasteiger partial charge in [0.15, 0.2) is 0 Å². The van der Waals surface area contributed by atoms with E-state index in [2.05, 4.69) is 125 Å². The summed E-state index contributed by atoms with van der Waals surface area (Å²) in [5.41, 5.74) is 6.73. The summed E-state index contributed by atoms with van der Waals surface area (Å²) < 4.78 is 10.9. The Labute approximate surface area is 242 Å². The van der Waals surface area contributed by atoms with Gasteiger partial charge in [-0.1, -0.05) is 13.8 Å². The first-order valence-electron chi connectivity index (χ1n) is 14.9. The molecule has 0 saturated heterocycles. The first kappa shape index (κ1) is 27.3. The number of rotatable bonds is 4. The quantitative estimate of drug-likeness (QED) is 0.113. The molecule has 0 atom stereocenters. The van der Waals surface area contributed by atoms with E-state index in [9.17, 15) is 0 Å². The van der Waals surface area contributed by atoms with Crippen LogP contribution >= 0.6 is 0 Å². The van der Waals surface area contributed by atoms with E-state index in [1.54, 1.807) is 0 Å². The molecule has 5 aromatic rings. The fourth-order valence-corrected chi connectivity index (χ4v) is 9.12. The Bertz CT molecular complexity index is 1830. The predicted octanol–water partition coefficient (Wildman–Crippen LogP) is 9.38. The number of fused-ring (bicyclic) bond motifs is 5. The molecule has 1 aromatic heterocycles. The Morgan fingerprint density at radius 1 is 0.875 bits per heavy atom. The minimum absolute atomic E-state index is 0.127. The second kappa shape index (κ2) is 9.34. The summed E-state index contributed by atoms with van der Waals surface area (Å²) in [4.78, 5) is 0. The molecule has 0 bridgehead atoms. The number of benzene rings is 4. The third kappa shape index (κ3) is 4.53. The molecule has 0 amide bonds. The molecule has 0 spiro atoms. The van der Waals surface area contributed by atoms with Gasteiger partial charge in [0, 0.05) is 0 Å². The molecule has 2 heterocycles. The predicted molar refractivity (Wildman–Crippen MR) is 175 cm³/mol. The van der Waals surface area contributed by atoms with Gasteiger partial charge in [-0.15, -0.1) is 0 Å². The molecule has 0 radical (unpaired) electrons. The molecule has 1 aliphatic heterocycles. The summed E-state index contributed by atoms with van der Waals surface area (Å²) in [6.45, 7) is 13.9. The van der Waals surface area contributed by atoms with Crippen LogP contribution in [-0.2, 0) is 19.9 Å². The van der Waals surface area contributed by atoms with Crippen molar-refractivity contribution in [1.29, 1.82) is 0 Å². The normalized spacial score (nSPS) is 13.4. The Morgan fingerprint density at radius 2 is 1.60 bits per heavy atom. The van der Waals surface area contributed by atoms with Crippen molar-refractivity contribution in [3.8, 4) is 22.8 Å². The van der Waals surface area contributed by atoms with Crippen molar-refractivity contribution in [2.24, 2.45) is 18.4 Å². The topological polar surface area (TPSA) is 13.1 Å². The molecule has 6 rings (SSSR count). The second-order valence-corrected chi connectivity index (χ2v) is 25.4. The molecule has 0 N–H and O–H groups in total. The van der Waals surface area contributed by atoms with Gasteiger partial charge in [0.25, 0.3) is 0 Å². The van der Waals surface area contributed by atoms with Crippen LogP contribution < -0.4 is 13.7 Å². The summed E-state index contributed by atoms with van der Waals surface area (Å²) in [5.74, 6) is 10.1. The van der Waals surface area contributed by atoms with Gasteiger partial charge in [-0.05, 0) is 12.3 Å². The van der Waals surface area contributed by atoms with Crippen LogP contribution in [-0.4, -0.2) is 13.3 Å². The molecule has 0 saturated carbocycles. The number of aryl methyl sites for hydroxylation is 2. The summed E-state index contributed by atoms with van der Waals surface area (Å²) in [6.07, 6.45) is 4.30. The Morgan fingerprint density at radius 3 is 2.27 bits per heavy atom. The fraction of sp³-hybridized carbons (Fsp3) is 0.378. The van der Waals surface area contributed by atoms with Gasteiger partial charge in [0.2, 0.25) is 0 Å². The number of pyridine rings is 1. The first-order valence-corrected chi connectivity index (χ1v) is 22.2. The van der Waals surface area contributed by atoms with Crippen molar-refractivity contribution >= 4 is 50.0 Å². The van der Waals surface area contributed by atoms with Crippen LogP contribution in [0.1, 0.15) is 51.3 Å². The van der Waals surface area contributed by atoms with Crippen LogP contribution in [0.2, 0.25) is 17.3 Å². The Balaban J connectivity index is 1.73. The van der Waals surface area contributed by atoms with E-state index < -0.39 is 13.3 Å². The summed E-state index contributed by atoms with van der Waals surface area (Å²) in [7, 11) is 2.19. The van der Waals surface area contributed by atoms with Crippen LogP contribution in [0.4, 0.5) is 0 Å². The van der Waals surface area contributed by atoms with Crippen molar-refractivity contribution in [1.82, 2.24) is 0 Å². The van der Waals surface area contributed by atoms with Crippen molar-refractivity contribution in [3.63, 3.8) is 0 Å². The van der Waals surface area contributed by atoms with Gasteiger partial charge in [0.1, 0.15) is 0 Å². The van der Waals surface area contributed by atoms with Gasteiger partial charge in [-0.2, -0.15) is 0 Å². The van der Waals surface area contributed by atoms with E-state index >= 15 is 0 Å². The van der Waals surface area contributed by atoms with Crippen molar-refractivity contribution in [2.45, 2.75) is 71.7 Å². The zero-order chi connectivity index (χ0) is 28.7. The third-order valence-electron chi connectivity index (χ3n) is 8.55. The Kier molecular flexibility index (Phi) is 6.38. The SMILES string of the molecule is Cc1c2c(c(CC(C)(C)C)c3ccc(CC(C)C)cc13)Oc1cc3c[c]([Ge]([CH3])([CH3])[CH3])ccc3c3cc[n+](C)c-2c13. The number of hydrogen-bond acceptors (Lipinski definition) is 1. The number of aromatic nitrogens is 1. The van der Waals surface area contributed by atoms with Gasteiger partial charge in [-0.25, -0.2) is 0 Å². The van der Waals surface area contributed by atoms with E-state index in [1.165, 1.54) is 64.7 Å². The minimum atomic E-state index is -1.98. The van der Waals surface area contributed by atoms with Gasteiger partial charge in [-0.3, -0.25) is 0 Å². The summed E-state index contributed by atoms with van der Waals surface area (Å²) >= 11 is -1.98. The van der Waals surface area contributed by atoms with E-state index in [0.29, 0.717) is 5.92 Å². The van der Waals surface area contributed by atoms with E-state index in [-0.39, 0.29) is 5.41 Å². The standard InChI is InChI=1S/C37H44GeNO/c1-22(2)17-24-11-13-28-30(18-24)23(3)33-35-34-29(15-16-39(35)10)27-14-12-26(38(7,8)9)19-25(27)20-32(34)40-36(33)31(28)21-37(4,5)6/h11-16,18-20,22H,17,21H2,1-10H3/q+1. The molecule has 0 aliphatic carbocycles. The first-order chi connectivity index (χ1) is 18.7. The molecule has 4 aromatic carbocycles. The van der Waals surface area contributed by atoms with Crippen LogP contribution in [0.15, 0.2) is 54.7 Å². The second-order valence-electron chi connectivity index (χ2n) is 14.7. The molecule has 3 heteroatoms. The van der Waals surface area contributed by atoms with Crippen LogP contribution in [0, 0.1) is 18.3 Å². The van der Waals surface area contributed by atoms with Gasteiger partial charge < -0.3 is 0 Å². The van der Waals surface area contributed by atoms with Crippen molar-refractivity contribution < 1.29 is 9.30 Å². The molecule has 0 unspecified atom stereocenters. The number of hydrogen-bond donors (Lipinski definition) is 0. The van der Waals surface area contributed by atoms with Crippen molar-refractivity contribution in [2.75, 3.05) is 0 Å². The third-order valence-corrected chi connectivity index (χ3v) is 12.8. The molecule has 206 valence electrons. The van der Waals surface area contributed by atoms with Crippen LogP contribution in [0.3, 0.4) is 0 Å². The molecule has 2 nitrogen and oxygen atoms in total. The summed E-state index contributed by atoms with van der Waals surface area (Å²) in [6, 6.07) is 18.9. The Hall–Kier alpha value is -2.85. The molecular weight excluding hydrogens is 547 g/mol. The maximum absolute atomic E-state index is 7.10. The maximum atomic E-state index is 7.10. The monoisotopic (exact) mass is 592 g/mol. The van der Waals surface area contributed by atoms with E-state index in [4.69, 9.17) is 4.74 Å². The van der Waals surface area contributed by atoms with Crippen molar-refractivity contribution in [3.05, 3.63) is 71.4 Å². The number of nitrogens with zero attached hydrogens (tertiary/aromatic N) is 1. The van der Waals surface area contributed by atoms with E-state index in [1.807, 2.05) is 0 Å². The average molecular weight is 591 g/mol. The van der Waals surface area contributed by atoms with Gasteiger partial charge in [0.05, 0.1) is 0 Å². The number of ether oxygens (including phenoxy) is 1. The molecule has 0 fully saturated rings. The van der Waals surface area contributed by atoms with Gasteiger partial charge >= 0.3 is 217 Å². The molecular formula is C37H44GeNO+. The molecule has 40 heavy (non-hydrogen) atoms. The van der Waals surface area contributed by atoms with E-state index in [0.717, 1.165) is 24.3 Å².